The van der Waals surface area contributed by atoms with E-state index in [0.717, 1.165) is 23.3 Å². The Balaban J connectivity index is 2.06. The number of halogens is 3. The van der Waals surface area contributed by atoms with Crippen molar-refractivity contribution >= 4 is 22.3 Å². The van der Waals surface area contributed by atoms with Crippen LogP contribution in [0.3, 0.4) is 0 Å². The molecule has 0 aliphatic carbocycles. The first-order chi connectivity index (χ1) is 11.3. The Morgan fingerprint density at radius 1 is 0.958 bits per heavy atom. The maximum absolute atomic E-state index is 12.8. The fourth-order valence-electron chi connectivity index (χ4n) is 2.46. The van der Waals surface area contributed by atoms with Crippen molar-refractivity contribution in [3.63, 3.8) is 0 Å². The highest BCUT2D eigenvalue weighted by Crippen LogP contribution is 2.34. The number of nitrogens with zero attached hydrogens (tertiary/aromatic N) is 1. The Morgan fingerprint density at radius 3 is 2.33 bits per heavy atom. The van der Waals surface area contributed by atoms with Gasteiger partial charge < -0.3 is 5.73 Å². The van der Waals surface area contributed by atoms with Crippen LogP contribution in [0.2, 0.25) is 0 Å². The van der Waals surface area contributed by atoms with E-state index < -0.39 is 11.7 Å². The summed E-state index contributed by atoms with van der Waals surface area (Å²) in [5.74, 6) is 0.322. The number of rotatable bonds is 2. The van der Waals surface area contributed by atoms with Gasteiger partial charge in [0.15, 0.2) is 0 Å². The number of benzene rings is 3. The lowest BCUT2D eigenvalue weighted by atomic mass is 10.1. The fraction of sp³-hybridized carbons (Fsp3) is 0.105. The SMILES string of the molecule is Cc1ccc(C(N)=Nc2cccc3cc(C(F)(F)F)ccc23)cc1. The first-order valence-electron chi connectivity index (χ1n) is 7.36. The maximum atomic E-state index is 12.8. The molecule has 0 radical (unpaired) electrons. The lowest BCUT2D eigenvalue weighted by molar-refractivity contribution is -0.137. The van der Waals surface area contributed by atoms with Crippen LogP contribution >= 0.6 is 0 Å². The molecule has 3 rings (SSSR count). The molecule has 0 amide bonds. The first-order valence-corrected chi connectivity index (χ1v) is 7.36. The second-order valence-electron chi connectivity index (χ2n) is 5.57. The monoisotopic (exact) mass is 328 g/mol. The van der Waals surface area contributed by atoms with Gasteiger partial charge in [0.25, 0.3) is 0 Å². The van der Waals surface area contributed by atoms with Gasteiger partial charge in [0.05, 0.1) is 11.3 Å². The number of aryl methyl sites for hydroxylation is 1. The molecule has 0 saturated carbocycles. The van der Waals surface area contributed by atoms with Crippen molar-refractivity contribution in [2.75, 3.05) is 0 Å². The van der Waals surface area contributed by atoms with Crippen LogP contribution in [0.15, 0.2) is 65.7 Å². The molecule has 0 bridgehead atoms. The maximum Gasteiger partial charge on any atom is 0.416 e. The van der Waals surface area contributed by atoms with E-state index in [-0.39, 0.29) is 0 Å². The lowest BCUT2D eigenvalue weighted by Crippen LogP contribution is -2.12. The standard InChI is InChI=1S/C19H15F3N2/c1-12-5-7-13(8-6-12)18(23)24-17-4-2-3-14-11-15(19(20,21)22)9-10-16(14)17/h2-11H,1H3,(H2,23,24). The fourth-order valence-corrected chi connectivity index (χ4v) is 2.46. The number of aliphatic imine (C=N–C) groups is 1. The molecule has 0 aromatic heterocycles. The van der Waals surface area contributed by atoms with Gasteiger partial charge in [0.2, 0.25) is 0 Å². The van der Waals surface area contributed by atoms with Crippen LogP contribution in [0.25, 0.3) is 10.8 Å². The van der Waals surface area contributed by atoms with E-state index in [4.69, 9.17) is 5.73 Å². The third-order valence-electron chi connectivity index (χ3n) is 3.77. The minimum Gasteiger partial charge on any atom is -0.383 e. The van der Waals surface area contributed by atoms with E-state index in [1.165, 1.54) is 6.07 Å². The number of hydrogen-bond acceptors (Lipinski definition) is 1. The molecule has 0 unspecified atom stereocenters. The van der Waals surface area contributed by atoms with Gasteiger partial charge in [-0.05, 0) is 30.5 Å². The molecule has 24 heavy (non-hydrogen) atoms. The highest BCUT2D eigenvalue weighted by atomic mass is 19.4. The predicted octanol–water partition coefficient (Wildman–Crippen LogP) is 5.20. The smallest absolute Gasteiger partial charge is 0.383 e. The summed E-state index contributed by atoms with van der Waals surface area (Å²) in [5, 5.41) is 1.10. The van der Waals surface area contributed by atoms with Crippen molar-refractivity contribution in [1.29, 1.82) is 0 Å². The zero-order chi connectivity index (χ0) is 17.3. The Labute approximate surface area is 137 Å². The quantitative estimate of drug-likeness (QED) is 0.509. The molecule has 5 heteroatoms. The summed E-state index contributed by atoms with van der Waals surface area (Å²) in [5.41, 5.74) is 7.78. The van der Waals surface area contributed by atoms with E-state index in [1.54, 1.807) is 18.2 Å². The van der Waals surface area contributed by atoms with Crippen molar-refractivity contribution in [2.45, 2.75) is 13.1 Å². The number of amidine groups is 1. The summed E-state index contributed by atoms with van der Waals surface area (Å²) in [6.07, 6.45) is -4.37. The van der Waals surface area contributed by atoms with Crippen LogP contribution in [-0.2, 0) is 6.18 Å². The number of nitrogens with two attached hydrogens (primary N) is 1. The van der Waals surface area contributed by atoms with E-state index in [2.05, 4.69) is 4.99 Å². The Hall–Kier alpha value is -2.82. The molecule has 0 aliphatic rings. The molecule has 0 spiro atoms. The molecular formula is C19H15F3N2. The second kappa shape index (κ2) is 6.00. The van der Waals surface area contributed by atoms with Crippen molar-refractivity contribution in [1.82, 2.24) is 0 Å². The zero-order valence-corrected chi connectivity index (χ0v) is 12.9. The molecule has 2 N–H and O–H groups in total. The summed E-state index contributed by atoms with van der Waals surface area (Å²) < 4.78 is 38.5. The summed E-state index contributed by atoms with van der Waals surface area (Å²) in [4.78, 5) is 4.39. The van der Waals surface area contributed by atoms with Gasteiger partial charge >= 0.3 is 6.18 Å². The van der Waals surface area contributed by atoms with Crippen molar-refractivity contribution in [3.8, 4) is 0 Å². The topological polar surface area (TPSA) is 38.4 Å². The van der Waals surface area contributed by atoms with Gasteiger partial charge in [0.1, 0.15) is 5.84 Å². The molecule has 3 aromatic carbocycles. The van der Waals surface area contributed by atoms with E-state index in [0.29, 0.717) is 22.3 Å². The van der Waals surface area contributed by atoms with Gasteiger partial charge in [-0.25, -0.2) is 4.99 Å². The molecule has 3 aromatic rings. The predicted molar refractivity (Wildman–Crippen MR) is 90.5 cm³/mol. The van der Waals surface area contributed by atoms with Crippen molar-refractivity contribution in [2.24, 2.45) is 10.7 Å². The molecule has 0 heterocycles. The zero-order valence-electron chi connectivity index (χ0n) is 12.9. The molecule has 0 saturated heterocycles. The van der Waals surface area contributed by atoms with Crippen molar-refractivity contribution < 1.29 is 13.2 Å². The second-order valence-corrected chi connectivity index (χ2v) is 5.57. The number of fused-ring (bicyclic) bond motifs is 1. The van der Waals surface area contributed by atoms with Crippen LogP contribution in [0, 0.1) is 6.92 Å². The Kier molecular flexibility index (Phi) is 4.01. The first kappa shape index (κ1) is 16.1. The van der Waals surface area contributed by atoms with Gasteiger partial charge in [-0.3, -0.25) is 0 Å². The van der Waals surface area contributed by atoms with Gasteiger partial charge in [-0.2, -0.15) is 13.2 Å². The molecular weight excluding hydrogens is 313 g/mol. The van der Waals surface area contributed by atoms with Crippen LogP contribution in [0.4, 0.5) is 18.9 Å². The largest absolute Gasteiger partial charge is 0.416 e. The van der Waals surface area contributed by atoms with E-state index in [9.17, 15) is 13.2 Å². The minimum atomic E-state index is -4.37. The molecule has 0 aliphatic heterocycles. The third kappa shape index (κ3) is 3.25. The van der Waals surface area contributed by atoms with Gasteiger partial charge in [-0.15, -0.1) is 0 Å². The molecule has 2 nitrogen and oxygen atoms in total. The Bertz CT molecular complexity index is 910. The molecule has 0 fully saturated rings. The molecule has 0 atom stereocenters. The average molecular weight is 328 g/mol. The average Bonchev–Trinajstić information content (AvgIpc) is 2.54. The summed E-state index contributed by atoms with van der Waals surface area (Å²) in [6, 6.07) is 16.2. The van der Waals surface area contributed by atoms with Crippen LogP contribution in [0.1, 0.15) is 16.7 Å². The normalized spacial score (nSPS) is 12.6. The highest BCUT2D eigenvalue weighted by molar-refractivity contribution is 6.02. The summed E-state index contributed by atoms with van der Waals surface area (Å²) in [7, 11) is 0. The number of alkyl halides is 3. The van der Waals surface area contributed by atoms with E-state index >= 15 is 0 Å². The Morgan fingerprint density at radius 2 is 1.67 bits per heavy atom. The molecule has 122 valence electrons. The highest BCUT2D eigenvalue weighted by Gasteiger charge is 2.30. The third-order valence-corrected chi connectivity index (χ3v) is 3.77. The van der Waals surface area contributed by atoms with Crippen LogP contribution < -0.4 is 5.73 Å². The summed E-state index contributed by atoms with van der Waals surface area (Å²) >= 11 is 0. The van der Waals surface area contributed by atoms with Crippen LogP contribution in [0.5, 0.6) is 0 Å². The number of hydrogen-bond donors (Lipinski definition) is 1. The minimum absolute atomic E-state index is 0.322. The van der Waals surface area contributed by atoms with Gasteiger partial charge in [0, 0.05) is 10.9 Å². The lowest BCUT2D eigenvalue weighted by Gasteiger charge is -2.09. The van der Waals surface area contributed by atoms with Crippen molar-refractivity contribution in [3.05, 3.63) is 77.4 Å². The summed E-state index contributed by atoms with van der Waals surface area (Å²) in [6.45, 7) is 1.97. The van der Waals surface area contributed by atoms with E-state index in [1.807, 2.05) is 31.2 Å². The van der Waals surface area contributed by atoms with Crippen LogP contribution in [-0.4, -0.2) is 5.84 Å². The van der Waals surface area contributed by atoms with Gasteiger partial charge in [-0.1, -0.05) is 48.0 Å².